The molecule has 0 spiro atoms. The molecule has 0 aromatic carbocycles. The van der Waals surface area contributed by atoms with Gasteiger partial charge in [0.2, 0.25) is 5.91 Å². The van der Waals surface area contributed by atoms with E-state index in [0.29, 0.717) is 18.4 Å². The van der Waals surface area contributed by atoms with Gasteiger partial charge in [0, 0.05) is 25.6 Å². The Bertz CT molecular complexity index is 228. The van der Waals surface area contributed by atoms with Crippen molar-refractivity contribution < 1.29 is 4.79 Å². The molecule has 0 bridgehead atoms. The van der Waals surface area contributed by atoms with Crippen molar-refractivity contribution in [2.24, 2.45) is 5.92 Å². The number of carbonyl (C=O) groups is 1. The highest BCUT2D eigenvalue weighted by molar-refractivity contribution is 5.76. The van der Waals surface area contributed by atoms with E-state index in [1.165, 1.54) is 12.8 Å². The molecule has 0 aromatic heterocycles. The van der Waals surface area contributed by atoms with Gasteiger partial charge in [-0.05, 0) is 38.1 Å². The number of rotatable bonds is 6. The van der Waals surface area contributed by atoms with E-state index in [0.717, 1.165) is 38.4 Å². The highest BCUT2D eigenvalue weighted by atomic mass is 16.2. The lowest BCUT2D eigenvalue weighted by Crippen LogP contribution is -2.48. The second kappa shape index (κ2) is 7.70. The molecule has 0 aliphatic carbocycles. The molecule has 0 radical (unpaired) electrons. The molecule has 1 amide bonds. The van der Waals surface area contributed by atoms with Gasteiger partial charge in [-0.15, -0.1) is 0 Å². The molecule has 1 aliphatic heterocycles. The van der Waals surface area contributed by atoms with Gasteiger partial charge in [-0.25, -0.2) is 0 Å². The van der Waals surface area contributed by atoms with Crippen molar-refractivity contribution in [3.05, 3.63) is 0 Å². The molecule has 0 saturated carbocycles. The first-order chi connectivity index (χ1) is 8.13. The van der Waals surface area contributed by atoms with Crippen molar-refractivity contribution in [2.75, 3.05) is 19.6 Å². The number of nitrogens with one attached hydrogen (secondary N) is 1. The van der Waals surface area contributed by atoms with Gasteiger partial charge in [0.25, 0.3) is 0 Å². The average Bonchev–Trinajstić information content (AvgIpc) is 2.29. The van der Waals surface area contributed by atoms with Gasteiger partial charge in [-0.1, -0.05) is 20.8 Å². The van der Waals surface area contributed by atoms with E-state index in [4.69, 9.17) is 0 Å². The summed E-state index contributed by atoms with van der Waals surface area (Å²) in [5.41, 5.74) is 0. The van der Waals surface area contributed by atoms with Crippen LogP contribution in [-0.2, 0) is 4.79 Å². The molecule has 1 rings (SSSR count). The molecule has 17 heavy (non-hydrogen) atoms. The Labute approximate surface area is 106 Å². The lowest BCUT2D eigenvalue weighted by molar-refractivity contribution is -0.132. The number of hydrogen-bond acceptors (Lipinski definition) is 2. The van der Waals surface area contributed by atoms with Crippen LogP contribution < -0.4 is 5.32 Å². The van der Waals surface area contributed by atoms with Crippen LogP contribution in [0.3, 0.4) is 0 Å². The van der Waals surface area contributed by atoms with E-state index in [2.05, 4.69) is 26.1 Å². The largest absolute Gasteiger partial charge is 0.341 e. The minimum Gasteiger partial charge on any atom is -0.341 e. The number of nitrogens with zero attached hydrogens (tertiary/aromatic N) is 1. The van der Waals surface area contributed by atoms with Gasteiger partial charge in [-0.2, -0.15) is 0 Å². The van der Waals surface area contributed by atoms with E-state index in [-0.39, 0.29) is 0 Å². The second-order valence-corrected chi connectivity index (χ2v) is 5.57. The zero-order valence-corrected chi connectivity index (χ0v) is 11.7. The first-order valence-corrected chi connectivity index (χ1v) is 7.14. The lowest BCUT2D eigenvalue weighted by Gasteiger charge is -2.33. The van der Waals surface area contributed by atoms with E-state index in [1.807, 2.05) is 4.90 Å². The van der Waals surface area contributed by atoms with Gasteiger partial charge < -0.3 is 10.2 Å². The predicted octanol–water partition coefficient (Wildman–Crippen LogP) is 2.41. The summed E-state index contributed by atoms with van der Waals surface area (Å²) in [5.74, 6) is 1.09. The van der Waals surface area contributed by atoms with Crippen LogP contribution in [0.2, 0.25) is 0 Å². The normalized spacial score (nSPS) is 20.9. The second-order valence-electron chi connectivity index (χ2n) is 5.57. The van der Waals surface area contributed by atoms with Crippen molar-refractivity contribution >= 4 is 5.91 Å². The summed E-state index contributed by atoms with van der Waals surface area (Å²) < 4.78 is 0. The van der Waals surface area contributed by atoms with Gasteiger partial charge >= 0.3 is 0 Å². The number of amides is 1. The zero-order chi connectivity index (χ0) is 12.7. The Morgan fingerprint density at radius 2 is 2.24 bits per heavy atom. The topological polar surface area (TPSA) is 32.3 Å². The van der Waals surface area contributed by atoms with Crippen LogP contribution in [0.5, 0.6) is 0 Å². The van der Waals surface area contributed by atoms with E-state index in [1.54, 1.807) is 0 Å². The quantitative estimate of drug-likeness (QED) is 0.773. The van der Waals surface area contributed by atoms with Crippen molar-refractivity contribution in [3.8, 4) is 0 Å². The summed E-state index contributed by atoms with van der Waals surface area (Å²) in [6.45, 7) is 9.52. The standard InChI is InChI=1S/C14H28N2O/c1-4-6-14(17)16-10-5-7-13(11-16)15-9-8-12(2)3/h12-13,15H,4-11H2,1-3H3. The van der Waals surface area contributed by atoms with Gasteiger partial charge in [-0.3, -0.25) is 4.79 Å². The maximum absolute atomic E-state index is 11.8. The third-order valence-electron chi connectivity index (χ3n) is 3.39. The monoisotopic (exact) mass is 240 g/mol. The van der Waals surface area contributed by atoms with E-state index >= 15 is 0 Å². The number of carbonyl (C=O) groups excluding carboxylic acids is 1. The Kier molecular flexibility index (Phi) is 6.56. The molecule has 3 heteroatoms. The Hall–Kier alpha value is -0.570. The summed E-state index contributed by atoms with van der Waals surface area (Å²) in [4.78, 5) is 13.9. The maximum atomic E-state index is 11.8. The van der Waals surface area contributed by atoms with Crippen LogP contribution in [-0.4, -0.2) is 36.5 Å². The van der Waals surface area contributed by atoms with Crippen molar-refractivity contribution in [3.63, 3.8) is 0 Å². The third-order valence-corrected chi connectivity index (χ3v) is 3.39. The molecule has 1 atom stereocenters. The zero-order valence-electron chi connectivity index (χ0n) is 11.7. The Morgan fingerprint density at radius 1 is 1.47 bits per heavy atom. The third kappa shape index (κ3) is 5.53. The molecule has 1 unspecified atom stereocenters. The van der Waals surface area contributed by atoms with Crippen molar-refractivity contribution in [1.82, 2.24) is 10.2 Å². The van der Waals surface area contributed by atoms with Crippen LogP contribution in [0.1, 0.15) is 52.9 Å². The van der Waals surface area contributed by atoms with Crippen LogP contribution in [0.15, 0.2) is 0 Å². The highest BCUT2D eigenvalue weighted by Crippen LogP contribution is 2.12. The molecule has 1 heterocycles. The first-order valence-electron chi connectivity index (χ1n) is 7.14. The molecule has 100 valence electrons. The fourth-order valence-corrected chi connectivity index (χ4v) is 2.32. The van der Waals surface area contributed by atoms with Crippen molar-refractivity contribution in [2.45, 2.75) is 58.9 Å². The molecule has 1 saturated heterocycles. The SMILES string of the molecule is CCCC(=O)N1CCCC(NCCC(C)C)C1. The molecular weight excluding hydrogens is 212 g/mol. The molecule has 1 aliphatic rings. The average molecular weight is 240 g/mol. The molecule has 0 aromatic rings. The number of piperidine rings is 1. The summed E-state index contributed by atoms with van der Waals surface area (Å²) in [6, 6.07) is 0.517. The first kappa shape index (κ1) is 14.5. The Balaban J connectivity index is 2.26. The minimum absolute atomic E-state index is 0.336. The summed E-state index contributed by atoms with van der Waals surface area (Å²) >= 11 is 0. The van der Waals surface area contributed by atoms with E-state index < -0.39 is 0 Å². The lowest BCUT2D eigenvalue weighted by atomic mass is 10.0. The molecule has 1 N–H and O–H groups in total. The highest BCUT2D eigenvalue weighted by Gasteiger charge is 2.22. The van der Waals surface area contributed by atoms with Crippen LogP contribution in [0.4, 0.5) is 0 Å². The van der Waals surface area contributed by atoms with Crippen molar-refractivity contribution in [1.29, 1.82) is 0 Å². The van der Waals surface area contributed by atoms with Gasteiger partial charge in [0.05, 0.1) is 0 Å². The van der Waals surface area contributed by atoms with Crippen LogP contribution in [0.25, 0.3) is 0 Å². The summed E-state index contributed by atoms with van der Waals surface area (Å²) in [6.07, 6.45) is 5.25. The molecule has 1 fully saturated rings. The molecule has 3 nitrogen and oxygen atoms in total. The van der Waals surface area contributed by atoms with Gasteiger partial charge in [0.15, 0.2) is 0 Å². The van der Waals surface area contributed by atoms with Crippen LogP contribution >= 0.6 is 0 Å². The fourth-order valence-electron chi connectivity index (χ4n) is 2.32. The predicted molar refractivity (Wildman–Crippen MR) is 72.0 cm³/mol. The van der Waals surface area contributed by atoms with E-state index in [9.17, 15) is 4.79 Å². The fraction of sp³-hybridized carbons (Fsp3) is 0.929. The van der Waals surface area contributed by atoms with Gasteiger partial charge in [0.1, 0.15) is 0 Å². The minimum atomic E-state index is 0.336. The smallest absolute Gasteiger partial charge is 0.222 e. The van der Waals surface area contributed by atoms with Crippen LogP contribution in [0, 0.1) is 5.92 Å². The summed E-state index contributed by atoms with van der Waals surface area (Å²) in [7, 11) is 0. The number of hydrogen-bond donors (Lipinski definition) is 1. The Morgan fingerprint density at radius 3 is 2.88 bits per heavy atom. The maximum Gasteiger partial charge on any atom is 0.222 e. The molecular formula is C14H28N2O. The number of likely N-dealkylation sites (tertiary alicyclic amines) is 1. The summed E-state index contributed by atoms with van der Waals surface area (Å²) in [5, 5.41) is 3.59.